The second-order valence-electron chi connectivity index (χ2n) is 4.77. The third-order valence-electron chi connectivity index (χ3n) is 3.12. The molecule has 0 saturated carbocycles. The zero-order chi connectivity index (χ0) is 16.9. The van der Waals surface area contributed by atoms with E-state index in [-0.39, 0.29) is 12.3 Å². The van der Waals surface area contributed by atoms with Gasteiger partial charge >= 0.3 is 0 Å². The molecule has 0 spiro atoms. The largest absolute Gasteiger partial charge is 0.389 e. The van der Waals surface area contributed by atoms with Crippen LogP contribution in [-0.2, 0) is 18.5 Å². The van der Waals surface area contributed by atoms with Gasteiger partial charge in [0.15, 0.2) is 12.3 Å². The van der Waals surface area contributed by atoms with E-state index >= 15 is 0 Å². The Kier molecular flexibility index (Phi) is 4.90. The van der Waals surface area contributed by atoms with Gasteiger partial charge in [0.25, 0.3) is 0 Å². The van der Waals surface area contributed by atoms with Crippen LogP contribution in [0.15, 0.2) is 52.2 Å². The number of halogens is 2. The molecule has 0 radical (unpaired) electrons. The molecule has 7 nitrogen and oxygen atoms in total. The molecule has 2 aromatic heterocycles. The number of nitrogens with zero attached hydrogens (tertiary/aromatic N) is 6. The van der Waals surface area contributed by atoms with Gasteiger partial charge in [-0.25, -0.2) is 14.1 Å². The van der Waals surface area contributed by atoms with E-state index in [2.05, 4.69) is 41.6 Å². The maximum atomic E-state index is 13.7. The Morgan fingerprint density at radius 3 is 2.75 bits per heavy atom. The molecule has 0 atom stereocenters. The zero-order valence-electron chi connectivity index (χ0n) is 12.6. The maximum Gasteiger partial charge on any atom is 0.204 e. The van der Waals surface area contributed by atoms with Crippen molar-refractivity contribution in [2.75, 3.05) is 0 Å². The molecule has 3 rings (SSSR count). The molecule has 0 aliphatic heterocycles. The summed E-state index contributed by atoms with van der Waals surface area (Å²) < 4.78 is 15.7. The molecule has 0 aliphatic rings. The lowest BCUT2D eigenvalue weighted by atomic mass is 10.1. The number of hydrogen-bond acceptors (Lipinski definition) is 6. The first-order chi connectivity index (χ1) is 11.6. The first kappa shape index (κ1) is 16.2. The lowest BCUT2D eigenvalue weighted by Crippen LogP contribution is -2.12. The van der Waals surface area contributed by atoms with Gasteiger partial charge in [0.2, 0.25) is 5.82 Å². The summed E-state index contributed by atoms with van der Waals surface area (Å²) in [5.41, 5.74) is 1.37. The van der Waals surface area contributed by atoms with Gasteiger partial charge in [-0.15, -0.1) is 5.10 Å². The van der Waals surface area contributed by atoms with Crippen molar-refractivity contribution in [2.24, 2.45) is 12.2 Å². The smallest absolute Gasteiger partial charge is 0.204 e. The van der Waals surface area contributed by atoms with Gasteiger partial charge in [-0.3, -0.25) is 0 Å². The van der Waals surface area contributed by atoms with E-state index in [0.717, 1.165) is 5.56 Å². The average Bonchev–Trinajstić information content (AvgIpc) is 3.01. The van der Waals surface area contributed by atoms with Crippen LogP contribution in [0.1, 0.15) is 17.1 Å². The minimum atomic E-state index is -0.463. The molecule has 0 aliphatic carbocycles. The van der Waals surface area contributed by atoms with Crippen molar-refractivity contribution >= 4 is 21.6 Å². The van der Waals surface area contributed by atoms with Crippen LogP contribution in [0.25, 0.3) is 0 Å². The Morgan fingerprint density at radius 1 is 1.25 bits per heavy atom. The van der Waals surface area contributed by atoms with Gasteiger partial charge in [-0.1, -0.05) is 35.5 Å². The van der Waals surface area contributed by atoms with E-state index < -0.39 is 5.82 Å². The SMILES string of the molecule is Cn1nnnc1/C(=N/OCc1nc(Br)ccc1F)c1ccccc1. The van der Waals surface area contributed by atoms with Crippen molar-refractivity contribution in [3.05, 3.63) is 70.0 Å². The number of rotatable bonds is 5. The van der Waals surface area contributed by atoms with Crippen LogP contribution in [0.2, 0.25) is 0 Å². The van der Waals surface area contributed by atoms with Gasteiger partial charge in [-0.05, 0) is 38.5 Å². The van der Waals surface area contributed by atoms with Gasteiger partial charge in [0, 0.05) is 12.6 Å². The van der Waals surface area contributed by atoms with Crippen molar-refractivity contribution < 1.29 is 9.23 Å². The van der Waals surface area contributed by atoms with Gasteiger partial charge in [0.1, 0.15) is 16.1 Å². The van der Waals surface area contributed by atoms with Crippen LogP contribution in [-0.4, -0.2) is 30.9 Å². The van der Waals surface area contributed by atoms with Gasteiger partial charge < -0.3 is 4.84 Å². The molecule has 0 saturated heterocycles. The van der Waals surface area contributed by atoms with Crippen LogP contribution in [0.3, 0.4) is 0 Å². The summed E-state index contributed by atoms with van der Waals surface area (Å²) in [7, 11) is 1.70. The number of tetrazole rings is 1. The molecular weight excluding hydrogens is 379 g/mol. The maximum absolute atomic E-state index is 13.7. The van der Waals surface area contributed by atoms with Gasteiger partial charge in [-0.2, -0.15) is 0 Å². The predicted octanol–water partition coefficient (Wildman–Crippen LogP) is 2.48. The third-order valence-corrected chi connectivity index (χ3v) is 3.56. The minimum absolute atomic E-state index is 0.118. The summed E-state index contributed by atoms with van der Waals surface area (Å²) in [5.74, 6) is -0.0288. The summed E-state index contributed by atoms with van der Waals surface area (Å²) in [6.45, 7) is -0.118. The Labute approximate surface area is 145 Å². The summed E-state index contributed by atoms with van der Waals surface area (Å²) in [4.78, 5) is 9.33. The highest BCUT2D eigenvalue weighted by Crippen LogP contribution is 2.13. The monoisotopic (exact) mass is 390 g/mol. The molecular formula is C15H12BrFN6O. The van der Waals surface area contributed by atoms with Crippen molar-refractivity contribution in [3.63, 3.8) is 0 Å². The summed E-state index contributed by atoms with van der Waals surface area (Å²) >= 11 is 3.20. The number of benzene rings is 1. The average molecular weight is 391 g/mol. The van der Waals surface area contributed by atoms with Crippen LogP contribution < -0.4 is 0 Å². The molecule has 122 valence electrons. The molecule has 2 heterocycles. The minimum Gasteiger partial charge on any atom is -0.389 e. The van der Waals surface area contributed by atoms with Crippen molar-refractivity contribution in [3.8, 4) is 0 Å². The first-order valence-corrected chi connectivity index (χ1v) is 7.73. The quantitative estimate of drug-likeness (QED) is 0.379. The zero-order valence-corrected chi connectivity index (χ0v) is 14.2. The topological polar surface area (TPSA) is 78.1 Å². The molecule has 0 fully saturated rings. The standard InChI is InChI=1S/C15H12BrFN6O/c1-23-15(19-21-22-23)14(10-5-3-2-4-6-10)20-24-9-12-11(17)7-8-13(16)18-12/h2-8H,9H2,1H3/b20-14+. The summed E-state index contributed by atoms with van der Waals surface area (Å²) in [6.07, 6.45) is 0. The van der Waals surface area contributed by atoms with Crippen LogP contribution in [0.5, 0.6) is 0 Å². The molecule has 3 aromatic rings. The van der Waals surface area contributed by atoms with Crippen LogP contribution in [0.4, 0.5) is 4.39 Å². The molecule has 1 aromatic carbocycles. The molecule has 0 amide bonds. The number of hydrogen-bond donors (Lipinski definition) is 0. The highest BCUT2D eigenvalue weighted by molar-refractivity contribution is 9.10. The Balaban J connectivity index is 1.88. The highest BCUT2D eigenvalue weighted by Gasteiger charge is 2.15. The summed E-state index contributed by atoms with van der Waals surface area (Å²) in [5, 5.41) is 15.4. The molecule has 0 unspecified atom stereocenters. The molecule has 24 heavy (non-hydrogen) atoms. The molecule has 0 bridgehead atoms. The van der Waals surface area contributed by atoms with E-state index in [9.17, 15) is 4.39 Å². The predicted molar refractivity (Wildman–Crippen MR) is 87.6 cm³/mol. The third kappa shape index (κ3) is 3.62. The fraction of sp³-hybridized carbons (Fsp3) is 0.133. The van der Waals surface area contributed by atoms with E-state index in [0.29, 0.717) is 16.1 Å². The fourth-order valence-electron chi connectivity index (χ4n) is 1.97. The first-order valence-electron chi connectivity index (χ1n) is 6.94. The van der Waals surface area contributed by atoms with E-state index in [1.54, 1.807) is 7.05 Å². The van der Waals surface area contributed by atoms with E-state index in [4.69, 9.17) is 4.84 Å². The lowest BCUT2D eigenvalue weighted by Gasteiger charge is -2.06. The Hall–Kier alpha value is -2.68. The van der Waals surface area contributed by atoms with E-state index in [1.807, 2.05) is 30.3 Å². The number of aromatic nitrogens is 5. The van der Waals surface area contributed by atoms with E-state index in [1.165, 1.54) is 16.8 Å². The number of oxime groups is 1. The molecule has 9 heteroatoms. The number of aryl methyl sites for hydroxylation is 1. The Morgan fingerprint density at radius 2 is 2.04 bits per heavy atom. The summed E-state index contributed by atoms with van der Waals surface area (Å²) in [6, 6.07) is 12.2. The molecule has 0 N–H and O–H groups in total. The van der Waals surface area contributed by atoms with Crippen molar-refractivity contribution in [1.82, 2.24) is 25.2 Å². The van der Waals surface area contributed by atoms with Crippen molar-refractivity contribution in [2.45, 2.75) is 6.61 Å². The second-order valence-corrected chi connectivity index (χ2v) is 5.58. The Bertz CT molecular complexity index is 867. The second kappa shape index (κ2) is 7.26. The lowest BCUT2D eigenvalue weighted by molar-refractivity contribution is 0.125. The van der Waals surface area contributed by atoms with Crippen molar-refractivity contribution in [1.29, 1.82) is 0 Å². The van der Waals surface area contributed by atoms with Crippen LogP contribution in [0, 0.1) is 5.82 Å². The normalized spacial score (nSPS) is 11.5. The number of pyridine rings is 1. The van der Waals surface area contributed by atoms with Gasteiger partial charge in [0.05, 0.1) is 0 Å². The fourth-order valence-corrected chi connectivity index (χ4v) is 2.31. The highest BCUT2D eigenvalue weighted by atomic mass is 79.9. The van der Waals surface area contributed by atoms with Crippen LogP contribution >= 0.6 is 15.9 Å².